The normalized spacial score (nSPS) is 20.8. The summed E-state index contributed by atoms with van der Waals surface area (Å²) in [4.78, 5) is 25.0. The number of carbonyl (C=O) groups is 2. The molecule has 1 aliphatic heterocycles. The summed E-state index contributed by atoms with van der Waals surface area (Å²) < 4.78 is 5.23. The van der Waals surface area contributed by atoms with Crippen molar-refractivity contribution in [1.82, 2.24) is 4.90 Å². The van der Waals surface area contributed by atoms with E-state index in [9.17, 15) is 9.59 Å². The van der Waals surface area contributed by atoms with E-state index in [-0.39, 0.29) is 17.7 Å². The number of carbonyl (C=O) groups excluding carboxylic acids is 2. The molecule has 4 nitrogen and oxygen atoms in total. The number of ketones is 1. The van der Waals surface area contributed by atoms with Crippen LogP contribution in [0, 0.1) is 5.41 Å². The van der Waals surface area contributed by atoms with Crippen LogP contribution in [0.5, 0.6) is 0 Å². The van der Waals surface area contributed by atoms with Gasteiger partial charge in [-0.3, -0.25) is 4.79 Å². The minimum atomic E-state index is -0.507. The van der Waals surface area contributed by atoms with Gasteiger partial charge in [-0.1, -0.05) is 13.8 Å². The molecule has 0 saturated carbocycles. The zero-order chi connectivity index (χ0) is 12.6. The van der Waals surface area contributed by atoms with Crippen LogP contribution in [-0.2, 0) is 9.53 Å². The molecule has 0 radical (unpaired) electrons. The predicted octanol–water partition coefficient (Wildman–Crippen LogP) is 2.22. The summed E-state index contributed by atoms with van der Waals surface area (Å²) >= 11 is 0. The summed E-state index contributed by atoms with van der Waals surface area (Å²) in [5.74, 6) is 0.101. The first-order valence-electron chi connectivity index (χ1n) is 5.63. The van der Waals surface area contributed by atoms with E-state index in [1.54, 1.807) is 0 Å². The Balaban J connectivity index is 2.59. The number of piperidine rings is 1. The van der Waals surface area contributed by atoms with Crippen molar-refractivity contribution >= 4 is 11.9 Å². The lowest BCUT2D eigenvalue weighted by atomic mass is 9.81. The molecule has 0 aromatic carbocycles. The lowest BCUT2D eigenvalue weighted by Crippen LogP contribution is -2.49. The third-order valence-electron chi connectivity index (χ3n) is 2.75. The molecule has 1 amide bonds. The van der Waals surface area contributed by atoms with Gasteiger partial charge < -0.3 is 9.64 Å². The molecule has 1 saturated heterocycles. The number of nitrogens with zero attached hydrogens (tertiary/aromatic N) is 1. The summed E-state index contributed by atoms with van der Waals surface area (Å²) in [5, 5.41) is 0. The largest absolute Gasteiger partial charge is 0.444 e. The number of hydrogen-bond acceptors (Lipinski definition) is 3. The maximum atomic E-state index is 11.7. The van der Waals surface area contributed by atoms with Gasteiger partial charge in [-0.05, 0) is 27.2 Å². The van der Waals surface area contributed by atoms with Crippen molar-refractivity contribution in [2.24, 2.45) is 5.41 Å². The monoisotopic (exact) mass is 227 g/mol. The van der Waals surface area contributed by atoms with Crippen molar-refractivity contribution in [2.45, 2.75) is 46.6 Å². The highest BCUT2D eigenvalue weighted by molar-refractivity contribution is 5.89. The van der Waals surface area contributed by atoms with E-state index >= 15 is 0 Å². The maximum Gasteiger partial charge on any atom is 0.410 e. The Hall–Kier alpha value is -1.06. The highest BCUT2D eigenvalue weighted by Crippen LogP contribution is 2.27. The second kappa shape index (κ2) is 4.07. The molecule has 92 valence electrons. The molecule has 0 atom stereocenters. The number of amides is 1. The van der Waals surface area contributed by atoms with E-state index in [1.807, 2.05) is 34.6 Å². The van der Waals surface area contributed by atoms with Gasteiger partial charge in [-0.2, -0.15) is 0 Å². The molecule has 1 aliphatic rings. The molecule has 0 spiro atoms. The zero-order valence-electron chi connectivity index (χ0n) is 10.8. The molecular formula is C12H21NO3. The lowest BCUT2D eigenvalue weighted by molar-refractivity contribution is -0.131. The van der Waals surface area contributed by atoms with Gasteiger partial charge in [0, 0.05) is 12.0 Å². The molecule has 1 fully saturated rings. The molecule has 0 aliphatic carbocycles. The molecule has 4 heteroatoms. The standard InChI is InChI=1S/C12H21NO3/c1-11(2,3)16-10(15)13-7-6-12(4,5)9(14)8-13/h6-8H2,1-5H3. The third-order valence-corrected chi connectivity index (χ3v) is 2.75. The number of ether oxygens (including phenoxy) is 1. The van der Waals surface area contributed by atoms with Crippen LogP contribution in [0.15, 0.2) is 0 Å². The van der Waals surface area contributed by atoms with Crippen molar-refractivity contribution < 1.29 is 14.3 Å². The summed E-state index contributed by atoms with van der Waals surface area (Å²) in [6, 6.07) is 0. The van der Waals surface area contributed by atoms with E-state index in [4.69, 9.17) is 4.74 Å². The minimum Gasteiger partial charge on any atom is -0.444 e. The number of hydrogen-bond donors (Lipinski definition) is 0. The molecule has 1 heterocycles. The van der Waals surface area contributed by atoms with Crippen molar-refractivity contribution in [1.29, 1.82) is 0 Å². The first kappa shape index (κ1) is 13.0. The number of rotatable bonds is 0. The van der Waals surface area contributed by atoms with Crippen LogP contribution < -0.4 is 0 Å². The van der Waals surface area contributed by atoms with Gasteiger partial charge in [-0.15, -0.1) is 0 Å². The van der Waals surface area contributed by atoms with E-state index < -0.39 is 11.7 Å². The molecule has 0 bridgehead atoms. The molecule has 1 rings (SSSR count). The van der Waals surface area contributed by atoms with E-state index in [0.29, 0.717) is 13.0 Å². The highest BCUT2D eigenvalue weighted by atomic mass is 16.6. The van der Waals surface area contributed by atoms with Crippen molar-refractivity contribution in [2.75, 3.05) is 13.1 Å². The van der Waals surface area contributed by atoms with Crippen LogP contribution in [0.2, 0.25) is 0 Å². The smallest absolute Gasteiger partial charge is 0.410 e. The fourth-order valence-electron chi connectivity index (χ4n) is 1.50. The predicted molar refractivity (Wildman–Crippen MR) is 61.2 cm³/mol. The Labute approximate surface area is 96.9 Å². The number of likely N-dealkylation sites (tertiary alicyclic amines) is 1. The van der Waals surface area contributed by atoms with Crippen LogP contribution >= 0.6 is 0 Å². The van der Waals surface area contributed by atoms with Gasteiger partial charge in [0.15, 0.2) is 5.78 Å². The average molecular weight is 227 g/mol. The summed E-state index contributed by atoms with van der Waals surface area (Å²) in [6.45, 7) is 10.1. The summed E-state index contributed by atoms with van der Waals surface area (Å²) in [5.41, 5.74) is -0.814. The van der Waals surface area contributed by atoms with Gasteiger partial charge in [0.25, 0.3) is 0 Å². The van der Waals surface area contributed by atoms with Crippen molar-refractivity contribution in [3.63, 3.8) is 0 Å². The van der Waals surface area contributed by atoms with Crippen LogP contribution in [-0.4, -0.2) is 35.5 Å². The van der Waals surface area contributed by atoms with Gasteiger partial charge in [-0.25, -0.2) is 4.79 Å². The maximum absolute atomic E-state index is 11.7. The quantitative estimate of drug-likeness (QED) is 0.637. The van der Waals surface area contributed by atoms with Gasteiger partial charge in [0.05, 0.1) is 6.54 Å². The van der Waals surface area contributed by atoms with E-state index in [1.165, 1.54) is 4.90 Å². The van der Waals surface area contributed by atoms with Crippen LogP contribution in [0.4, 0.5) is 4.79 Å². The Morgan fingerprint density at radius 1 is 1.38 bits per heavy atom. The number of Topliss-reactive ketones (excluding diaryl/α,β-unsaturated/α-hetero) is 1. The minimum absolute atomic E-state index is 0.101. The van der Waals surface area contributed by atoms with E-state index in [0.717, 1.165) is 0 Å². The van der Waals surface area contributed by atoms with Crippen molar-refractivity contribution in [3.8, 4) is 0 Å². The summed E-state index contributed by atoms with van der Waals surface area (Å²) in [7, 11) is 0. The summed E-state index contributed by atoms with van der Waals surface area (Å²) in [6.07, 6.45) is 0.307. The second-order valence-corrected chi connectivity index (χ2v) is 5.96. The van der Waals surface area contributed by atoms with Crippen LogP contribution in [0.3, 0.4) is 0 Å². The average Bonchev–Trinajstić information content (AvgIpc) is 2.06. The first-order chi connectivity index (χ1) is 7.12. The van der Waals surface area contributed by atoms with Gasteiger partial charge in [0.1, 0.15) is 5.60 Å². The fraction of sp³-hybridized carbons (Fsp3) is 0.833. The van der Waals surface area contributed by atoms with Gasteiger partial charge >= 0.3 is 6.09 Å². The van der Waals surface area contributed by atoms with Crippen LogP contribution in [0.25, 0.3) is 0 Å². The first-order valence-corrected chi connectivity index (χ1v) is 5.63. The zero-order valence-corrected chi connectivity index (χ0v) is 10.8. The molecule has 16 heavy (non-hydrogen) atoms. The van der Waals surface area contributed by atoms with Crippen molar-refractivity contribution in [3.05, 3.63) is 0 Å². The van der Waals surface area contributed by atoms with Crippen LogP contribution in [0.1, 0.15) is 41.0 Å². The molecule has 0 aromatic rings. The molecular weight excluding hydrogens is 206 g/mol. The van der Waals surface area contributed by atoms with E-state index in [2.05, 4.69) is 0 Å². The Morgan fingerprint density at radius 3 is 2.38 bits per heavy atom. The topological polar surface area (TPSA) is 46.6 Å². The Morgan fingerprint density at radius 2 is 1.94 bits per heavy atom. The van der Waals surface area contributed by atoms with Gasteiger partial charge in [0.2, 0.25) is 0 Å². The second-order valence-electron chi connectivity index (χ2n) is 5.96. The Bertz CT molecular complexity index is 302. The highest BCUT2D eigenvalue weighted by Gasteiger charge is 2.36. The molecule has 0 N–H and O–H groups in total. The SMILES string of the molecule is CC(C)(C)OC(=O)N1CCC(C)(C)C(=O)C1. The third kappa shape index (κ3) is 3.22. The lowest BCUT2D eigenvalue weighted by Gasteiger charge is -2.36. The Kier molecular flexibility index (Phi) is 3.31. The fourth-order valence-corrected chi connectivity index (χ4v) is 1.50. The molecule has 0 unspecified atom stereocenters. The molecule has 0 aromatic heterocycles.